The Labute approximate surface area is 98.1 Å². The molecule has 0 atom stereocenters. The number of nitrogens with zero attached hydrogens (tertiary/aromatic N) is 1. The third kappa shape index (κ3) is 2.04. The van der Waals surface area contributed by atoms with Crippen molar-refractivity contribution in [2.45, 2.75) is 0 Å². The summed E-state index contributed by atoms with van der Waals surface area (Å²) < 4.78 is 5.11. The fourth-order valence-electron chi connectivity index (χ4n) is 1.62. The van der Waals surface area contributed by atoms with Crippen LogP contribution in [0.25, 0.3) is 11.1 Å². The molecule has 2 rings (SSSR count). The predicted molar refractivity (Wildman–Crippen MR) is 63.8 cm³/mol. The van der Waals surface area contributed by atoms with Gasteiger partial charge in [0.2, 0.25) is 0 Å². The molecule has 0 saturated carbocycles. The predicted octanol–water partition coefficient (Wildman–Crippen LogP) is 1.92. The van der Waals surface area contributed by atoms with Gasteiger partial charge in [-0.15, -0.1) is 0 Å². The molecule has 0 aliphatic carbocycles. The number of nitriles is 1. The average Bonchev–Trinajstić information content (AvgIpc) is 2.38. The second-order valence-corrected chi connectivity index (χ2v) is 3.44. The quantitative estimate of drug-likeness (QED) is 0.850. The van der Waals surface area contributed by atoms with Crippen molar-refractivity contribution in [3.63, 3.8) is 0 Å². The number of nitrogens with one attached hydrogen (secondary N) is 1. The van der Waals surface area contributed by atoms with E-state index in [2.05, 4.69) is 4.98 Å². The van der Waals surface area contributed by atoms with Crippen LogP contribution in [0.5, 0.6) is 5.75 Å². The number of hydrogen-bond donors (Lipinski definition) is 1. The fourth-order valence-corrected chi connectivity index (χ4v) is 1.62. The maximum absolute atomic E-state index is 11.5. The lowest BCUT2D eigenvalue weighted by Gasteiger charge is -2.05. The van der Waals surface area contributed by atoms with E-state index >= 15 is 0 Å². The third-order valence-corrected chi connectivity index (χ3v) is 2.45. The van der Waals surface area contributed by atoms with Gasteiger partial charge in [-0.2, -0.15) is 5.26 Å². The summed E-state index contributed by atoms with van der Waals surface area (Å²) in [5.74, 6) is 0.687. The van der Waals surface area contributed by atoms with Gasteiger partial charge in [0.1, 0.15) is 17.4 Å². The molecule has 0 spiro atoms. The van der Waals surface area contributed by atoms with Crippen LogP contribution in [-0.2, 0) is 0 Å². The van der Waals surface area contributed by atoms with E-state index in [0.717, 1.165) is 5.56 Å². The molecule has 0 radical (unpaired) electrons. The molecule has 84 valence electrons. The van der Waals surface area contributed by atoms with Crippen LogP contribution in [0, 0.1) is 11.3 Å². The minimum Gasteiger partial charge on any atom is -0.497 e. The van der Waals surface area contributed by atoms with Crippen molar-refractivity contribution in [2.24, 2.45) is 0 Å². The van der Waals surface area contributed by atoms with Gasteiger partial charge in [-0.05, 0) is 23.8 Å². The first-order valence-electron chi connectivity index (χ1n) is 5.02. The number of methoxy groups -OCH3 is 1. The molecule has 2 aromatic rings. The number of hydrogen-bond acceptors (Lipinski definition) is 3. The molecular formula is C13H10N2O2. The second kappa shape index (κ2) is 4.54. The molecule has 1 aromatic carbocycles. The van der Waals surface area contributed by atoms with Gasteiger partial charge in [0.25, 0.3) is 5.56 Å². The molecule has 1 heterocycles. The molecule has 1 N–H and O–H groups in total. The molecule has 1 aromatic heterocycles. The summed E-state index contributed by atoms with van der Waals surface area (Å²) in [4.78, 5) is 14.0. The van der Waals surface area contributed by atoms with Gasteiger partial charge in [0, 0.05) is 11.8 Å². The number of aromatic nitrogens is 1. The Balaban J connectivity index is 2.65. The molecular weight excluding hydrogens is 216 g/mol. The van der Waals surface area contributed by atoms with Crippen molar-refractivity contribution in [3.8, 4) is 22.9 Å². The standard InChI is InChI=1S/C13H10N2O2/c1-17-10-4-2-3-9(7-10)11-5-6-15-13(16)12(11)8-14/h2-7H,1H3,(H,15,16). The van der Waals surface area contributed by atoms with Crippen LogP contribution in [0.1, 0.15) is 5.56 Å². The van der Waals surface area contributed by atoms with E-state index in [0.29, 0.717) is 11.3 Å². The average molecular weight is 226 g/mol. The molecule has 17 heavy (non-hydrogen) atoms. The topological polar surface area (TPSA) is 65.9 Å². The Morgan fingerprint density at radius 2 is 2.18 bits per heavy atom. The Morgan fingerprint density at radius 1 is 1.35 bits per heavy atom. The zero-order valence-corrected chi connectivity index (χ0v) is 9.23. The van der Waals surface area contributed by atoms with E-state index in [1.165, 1.54) is 6.20 Å². The summed E-state index contributed by atoms with van der Waals surface area (Å²) in [6.45, 7) is 0. The first-order chi connectivity index (χ1) is 8.26. The summed E-state index contributed by atoms with van der Waals surface area (Å²) >= 11 is 0. The third-order valence-electron chi connectivity index (χ3n) is 2.45. The van der Waals surface area contributed by atoms with E-state index < -0.39 is 0 Å². The number of pyridine rings is 1. The highest BCUT2D eigenvalue weighted by Crippen LogP contribution is 2.24. The van der Waals surface area contributed by atoms with Crippen molar-refractivity contribution in [1.82, 2.24) is 4.98 Å². The highest BCUT2D eigenvalue weighted by Gasteiger charge is 2.08. The van der Waals surface area contributed by atoms with E-state index in [4.69, 9.17) is 10.00 Å². The van der Waals surface area contributed by atoms with Crippen LogP contribution < -0.4 is 10.3 Å². The van der Waals surface area contributed by atoms with Crippen molar-refractivity contribution in [1.29, 1.82) is 5.26 Å². The second-order valence-electron chi connectivity index (χ2n) is 3.44. The van der Waals surface area contributed by atoms with Crippen LogP contribution in [-0.4, -0.2) is 12.1 Å². The first-order valence-corrected chi connectivity index (χ1v) is 5.02. The zero-order chi connectivity index (χ0) is 12.3. The maximum Gasteiger partial charge on any atom is 0.266 e. The van der Waals surface area contributed by atoms with Crippen molar-refractivity contribution >= 4 is 0 Å². The van der Waals surface area contributed by atoms with Crippen LogP contribution in [0.2, 0.25) is 0 Å². The molecule has 0 bridgehead atoms. The molecule has 0 unspecified atom stereocenters. The molecule has 0 saturated heterocycles. The van der Waals surface area contributed by atoms with Gasteiger partial charge in [-0.25, -0.2) is 0 Å². The number of H-pyrrole nitrogens is 1. The van der Waals surface area contributed by atoms with E-state index in [9.17, 15) is 4.79 Å². The van der Waals surface area contributed by atoms with Gasteiger partial charge >= 0.3 is 0 Å². The lowest BCUT2D eigenvalue weighted by molar-refractivity contribution is 0.415. The zero-order valence-electron chi connectivity index (χ0n) is 9.23. The number of ether oxygens (including phenoxy) is 1. The number of aromatic amines is 1. The Hall–Kier alpha value is -2.54. The summed E-state index contributed by atoms with van der Waals surface area (Å²) in [5, 5.41) is 8.99. The summed E-state index contributed by atoms with van der Waals surface area (Å²) in [6.07, 6.45) is 1.53. The molecule has 0 amide bonds. The molecule has 0 aliphatic heterocycles. The maximum atomic E-state index is 11.5. The highest BCUT2D eigenvalue weighted by atomic mass is 16.5. The highest BCUT2D eigenvalue weighted by molar-refractivity contribution is 5.70. The van der Waals surface area contributed by atoms with Gasteiger partial charge < -0.3 is 9.72 Å². The van der Waals surface area contributed by atoms with Gasteiger partial charge in [-0.1, -0.05) is 12.1 Å². The van der Waals surface area contributed by atoms with Gasteiger partial charge in [-0.3, -0.25) is 4.79 Å². The molecule has 4 nitrogen and oxygen atoms in total. The smallest absolute Gasteiger partial charge is 0.266 e. The Morgan fingerprint density at radius 3 is 2.88 bits per heavy atom. The van der Waals surface area contributed by atoms with Gasteiger partial charge in [0.05, 0.1) is 7.11 Å². The SMILES string of the molecule is COc1cccc(-c2cc[nH]c(=O)c2C#N)c1. The Kier molecular flexibility index (Phi) is 2.93. The summed E-state index contributed by atoms with van der Waals surface area (Å²) in [6, 6.07) is 10.9. The van der Waals surface area contributed by atoms with E-state index in [1.54, 1.807) is 19.2 Å². The number of rotatable bonds is 2. The minimum atomic E-state index is -0.382. The molecule has 0 fully saturated rings. The lowest BCUT2D eigenvalue weighted by Crippen LogP contribution is -2.10. The van der Waals surface area contributed by atoms with Crippen LogP contribution >= 0.6 is 0 Å². The van der Waals surface area contributed by atoms with Crippen molar-refractivity contribution < 1.29 is 4.74 Å². The monoisotopic (exact) mass is 226 g/mol. The molecule has 4 heteroatoms. The van der Waals surface area contributed by atoms with Crippen LogP contribution in [0.4, 0.5) is 0 Å². The summed E-state index contributed by atoms with van der Waals surface area (Å²) in [7, 11) is 1.57. The first kappa shape index (κ1) is 11.0. The number of benzene rings is 1. The van der Waals surface area contributed by atoms with Crippen molar-refractivity contribution in [3.05, 3.63) is 52.4 Å². The van der Waals surface area contributed by atoms with Crippen LogP contribution in [0.3, 0.4) is 0 Å². The molecule has 0 aliphatic rings. The van der Waals surface area contributed by atoms with Gasteiger partial charge in [0.15, 0.2) is 0 Å². The van der Waals surface area contributed by atoms with E-state index in [1.807, 2.05) is 24.3 Å². The lowest BCUT2D eigenvalue weighted by atomic mass is 10.0. The van der Waals surface area contributed by atoms with Crippen LogP contribution in [0.15, 0.2) is 41.3 Å². The minimum absolute atomic E-state index is 0.112. The Bertz CT molecular complexity index is 638. The van der Waals surface area contributed by atoms with E-state index in [-0.39, 0.29) is 11.1 Å². The largest absolute Gasteiger partial charge is 0.497 e. The normalized spacial score (nSPS) is 9.65. The van der Waals surface area contributed by atoms with Crippen molar-refractivity contribution in [2.75, 3.05) is 7.11 Å². The fraction of sp³-hybridized carbons (Fsp3) is 0.0769. The summed E-state index contributed by atoms with van der Waals surface area (Å²) in [5.41, 5.74) is 1.12.